The third-order valence-electron chi connectivity index (χ3n) is 7.18. The number of carbonyl (C=O) groups is 14. The van der Waals surface area contributed by atoms with E-state index < -0.39 is 187 Å². The van der Waals surface area contributed by atoms with Crippen molar-refractivity contribution >= 4 is 83.6 Å². The standard InChI is InChI=1S/2C11H18N2O8.2C6H9NO6.3H3N.5Na/c2*1-7(13(5-10(18)19)6-11(20)21)2-12(3-8(14)15)4-9(16)17;2*8-4(9)1-7(2-5(10)11)3-6(12)13;;;;;;;;/h2*7H,2-6H2,1H3,(H,14,15)(H,16,17)(H,18,19)(H,20,21);2*1-3H2,(H,8,9)(H,10,11)(H,12,13);3*1H3;;;;;/q;;;;;;;5*+1/p-5. The number of nitrogens with zero attached hydrogens (tertiary/aromatic N) is 6. The van der Waals surface area contributed by atoms with E-state index in [0.717, 1.165) is 19.6 Å². The van der Waals surface area contributed by atoms with Crippen molar-refractivity contribution in [2.45, 2.75) is 25.9 Å². The summed E-state index contributed by atoms with van der Waals surface area (Å²) >= 11 is 0. The van der Waals surface area contributed by atoms with Gasteiger partial charge in [0.15, 0.2) is 0 Å². The molecular formula is C34H58N9Na5O28. The number of carbonyl (C=O) groups excluding carboxylic acids is 8. The second-order valence-electron chi connectivity index (χ2n) is 13.5. The van der Waals surface area contributed by atoms with Crippen molar-refractivity contribution < 1.29 is 286 Å². The second-order valence-corrected chi connectivity index (χ2v) is 13.5. The van der Waals surface area contributed by atoms with Crippen LogP contribution >= 0.6 is 0 Å². The third-order valence-corrected chi connectivity index (χ3v) is 7.18. The van der Waals surface area contributed by atoms with Crippen molar-refractivity contribution in [3.8, 4) is 0 Å². The molecule has 0 radical (unpaired) electrons. The predicted octanol–water partition coefficient (Wildman–Crippen LogP) is -30.8. The maximum absolute atomic E-state index is 10.7. The van der Waals surface area contributed by atoms with Gasteiger partial charge in [0.2, 0.25) is 0 Å². The average molecular weight is 1160 g/mol. The van der Waals surface area contributed by atoms with Crippen LogP contribution in [0.15, 0.2) is 0 Å². The number of quaternary nitrogens is 3. The van der Waals surface area contributed by atoms with Gasteiger partial charge in [0.05, 0.1) is 87.0 Å². The Bertz CT molecular complexity index is 1530. The molecule has 37 nitrogen and oxygen atoms in total. The summed E-state index contributed by atoms with van der Waals surface area (Å²) in [6, 6.07) is -1.37. The van der Waals surface area contributed by atoms with E-state index in [-0.39, 0.29) is 179 Å². The van der Waals surface area contributed by atoms with Crippen LogP contribution in [-0.4, -0.2) is 260 Å². The quantitative estimate of drug-likeness (QED) is 0.0270. The second kappa shape index (κ2) is 58.4. The van der Waals surface area contributed by atoms with Crippen molar-refractivity contribution in [1.29, 1.82) is 0 Å². The number of carboxylic acids is 14. The molecule has 2 atom stereocenters. The molecule has 0 aromatic heterocycles. The summed E-state index contributed by atoms with van der Waals surface area (Å²) in [5.74, 6) is -19.8. The molecule has 0 spiro atoms. The minimum absolute atomic E-state index is 0. The monoisotopic (exact) mass is 1160 g/mol. The van der Waals surface area contributed by atoms with Crippen molar-refractivity contribution in [1.82, 2.24) is 47.9 Å². The Morgan fingerprint density at radius 3 is 0.553 bits per heavy atom. The number of carboxylic acid groups (broad SMARTS) is 14. The predicted molar refractivity (Wildman–Crippen MR) is 212 cm³/mol. The molecule has 2 unspecified atom stereocenters. The van der Waals surface area contributed by atoms with E-state index in [0.29, 0.717) is 9.80 Å². The van der Waals surface area contributed by atoms with Crippen LogP contribution in [-0.2, 0) is 67.1 Å². The average Bonchev–Trinajstić information content (AvgIpc) is 3.08. The fourth-order valence-corrected chi connectivity index (χ4v) is 4.96. The summed E-state index contributed by atoms with van der Waals surface area (Å²) in [4.78, 5) is 151. The minimum Gasteiger partial charge on any atom is -0.549 e. The molecule has 0 saturated heterocycles. The van der Waals surface area contributed by atoms with Gasteiger partial charge < -0.3 is 128 Å². The van der Waals surface area contributed by atoms with E-state index in [1.807, 2.05) is 0 Å². The number of hydrogen-bond donors (Lipinski definition) is 9. The van der Waals surface area contributed by atoms with E-state index in [1.54, 1.807) is 0 Å². The first-order valence-electron chi connectivity index (χ1n) is 18.3. The molecule has 0 bridgehead atoms. The molecule has 0 heterocycles. The van der Waals surface area contributed by atoms with Gasteiger partial charge in [-0.25, -0.2) is 0 Å². The van der Waals surface area contributed by atoms with Crippen LogP contribution in [0.3, 0.4) is 0 Å². The Balaban J connectivity index is -0.0000000709. The van der Waals surface area contributed by atoms with Crippen LogP contribution in [0.5, 0.6) is 0 Å². The zero-order valence-corrected chi connectivity index (χ0v) is 53.8. The van der Waals surface area contributed by atoms with Crippen molar-refractivity contribution in [2.75, 3.05) is 105 Å². The fraction of sp³-hybridized carbons (Fsp3) is 0.588. The molecule has 0 rings (SSSR count). The largest absolute Gasteiger partial charge is 1.00 e. The summed E-state index contributed by atoms with van der Waals surface area (Å²) < 4.78 is 0. The van der Waals surface area contributed by atoms with Crippen LogP contribution in [0.2, 0.25) is 0 Å². The van der Waals surface area contributed by atoms with Gasteiger partial charge in [-0.05, 0) is 13.8 Å². The van der Waals surface area contributed by atoms with Crippen molar-refractivity contribution in [3.05, 3.63) is 0 Å². The topological polar surface area (TPSA) is 674 Å². The van der Waals surface area contributed by atoms with Crippen molar-refractivity contribution in [3.63, 3.8) is 0 Å². The Morgan fingerprint density at radius 1 is 0.276 bits per heavy atom. The van der Waals surface area contributed by atoms with Crippen LogP contribution in [0.25, 0.3) is 0 Å². The Labute approximate surface area is 542 Å². The van der Waals surface area contributed by atoms with Gasteiger partial charge in [-0.1, -0.05) is 0 Å². The molecule has 0 aliphatic heterocycles. The maximum Gasteiger partial charge on any atom is 1.00 e. The van der Waals surface area contributed by atoms with E-state index in [2.05, 4.69) is 0 Å². The van der Waals surface area contributed by atoms with Gasteiger partial charge in [-0.2, -0.15) is 0 Å². The molecule has 0 aromatic carbocycles. The van der Waals surface area contributed by atoms with Crippen LogP contribution in [0.4, 0.5) is 0 Å². The SMILES string of the molecule is CC(CN(CC(=O)O)CC(=O)O)N(CC(=O)O)CC(=O)O.CC(CN(CC(=O)O)CC(=O)O)N(CC(=O)[O-])CC(=O)[O-].O=C([O-])CN(CC(=O)[O-])CC(=O)[O-].O=C([O-])CN(CC(=O)[O-])CC(=O)[O-].[NH4+].[NH4+].[NH4+].[Na+].[Na+].[Na+].[Na+].[Na+]. The molecule has 0 fully saturated rings. The van der Waals surface area contributed by atoms with Gasteiger partial charge in [-0.3, -0.25) is 58.2 Å². The fourth-order valence-electron chi connectivity index (χ4n) is 4.96. The smallest absolute Gasteiger partial charge is 0.549 e. The van der Waals surface area contributed by atoms with Gasteiger partial charge in [0, 0.05) is 77.5 Å². The first kappa shape index (κ1) is 102. The van der Waals surface area contributed by atoms with E-state index in [4.69, 9.17) is 30.6 Å². The zero-order valence-electron chi connectivity index (χ0n) is 43.8. The summed E-state index contributed by atoms with van der Waals surface area (Å²) in [6.07, 6.45) is 0. The van der Waals surface area contributed by atoms with E-state index in [1.165, 1.54) is 13.8 Å². The molecule has 42 heteroatoms. The molecule has 0 aliphatic rings. The first-order chi connectivity index (χ1) is 31.1. The van der Waals surface area contributed by atoms with Gasteiger partial charge in [0.25, 0.3) is 0 Å². The van der Waals surface area contributed by atoms with Gasteiger partial charge >= 0.3 is 184 Å². The molecule has 0 amide bonds. The van der Waals surface area contributed by atoms with Gasteiger partial charge in [-0.15, -0.1) is 0 Å². The summed E-state index contributed by atoms with van der Waals surface area (Å²) in [7, 11) is 0. The Kier molecular flexibility index (Phi) is 78.3. The van der Waals surface area contributed by atoms with Crippen LogP contribution < -0.4 is 207 Å². The molecule has 18 N–H and O–H groups in total. The zero-order chi connectivity index (χ0) is 54.0. The number of rotatable bonds is 34. The van der Waals surface area contributed by atoms with E-state index >= 15 is 0 Å². The minimum atomic E-state index is -1.57. The summed E-state index contributed by atoms with van der Waals surface area (Å²) in [5, 5.41) is 133. The normalized spacial score (nSPS) is 10.2. The van der Waals surface area contributed by atoms with Crippen LogP contribution in [0, 0.1) is 0 Å². The molecule has 76 heavy (non-hydrogen) atoms. The third kappa shape index (κ3) is 73.3. The number of aliphatic carboxylic acids is 14. The van der Waals surface area contributed by atoms with Gasteiger partial charge in [0.1, 0.15) is 0 Å². The van der Waals surface area contributed by atoms with Crippen LogP contribution in [0.1, 0.15) is 13.8 Å². The number of hydrogen-bond acceptors (Lipinski definition) is 28. The molecule has 412 valence electrons. The first-order valence-corrected chi connectivity index (χ1v) is 18.3. The molecule has 0 aromatic rings. The van der Waals surface area contributed by atoms with Crippen molar-refractivity contribution in [2.24, 2.45) is 0 Å². The molecular weight excluding hydrogens is 1100 g/mol. The summed E-state index contributed by atoms with van der Waals surface area (Å²) in [6.45, 7) is -6.69. The Morgan fingerprint density at radius 2 is 0.421 bits per heavy atom. The Hall–Kier alpha value is -2.78. The van der Waals surface area contributed by atoms with E-state index in [9.17, 15) is 108 Å². The molecule has 0 aliphatic carbocycles. The maximum atomic E-state index is 10.7. The summed E-state index contributed by atoms with van der Waals surface area (Å²) in [5.41, 5.74) is 0. The molecule has 0 saturated carbocycles.